The number of halogens is 1. The van der Waals surface area contributed by atoms with Crippen molar-refractivity contribution in [3.63, 3.8) is 0 Å². The van der Waals surface area contributed by atoms with Crippen molar-refractivity contribution in [2.24, 2.45) is 0 Å². The first-order valence-corrected chi connectivity index (χ1v) is 7.98. The number of benzene rings is 1. The third kappa shape index (κ3) is 2.25. The smallest absolute Gasteiger partial charge is 0.178 e. The van der Waals surface area contributed by atoms with Crippen LogP contribution in [0.5, 0.6) is 11.5 Å². The summed E-state index contributed by atoms with van der Waals surface area (Å²) in [7, 11) is 1.64. The predicted molar refractivity (Wildman–Crippen MR) is 90.7 cm³/mol. The minimum Gasteiger partial charge on any atom is -0.497 e. The second kappa shape index (κ2) is 4.89. The Bertz CT molecular complexity index is 941. The Morgan fingerprint density at radius 3 is 2.78 bits per heavy atom. The molecule has 0 spiro atoms. The fourth-order valence-electron chi connectivity index (χ4n) is 2.76. The molecule has 5 nitrogen and oxygen atoms in total. The topological polar surface area (TPSA) is 57.1 Å². The van der Waals surface area contributed by atoms with Crippen LogP contribution in [0.2, 0.25) is 0 Å². The Kier molecular flexibility index (Phi) is 3.06. The molecule has 2 aromatic heterocycles. The third-order valence-corrected chi connectivity index (χ3v) is 4.30. The highest BCUT2D eigenvalue weighted by Gasteiger charge is 2.36. The second-order valence-electron chi connectivity index (χ2n) is 5.89. The summed E-state index contributed by atoms with van der Waals surface area (Å²) in [4.78, 5) is 13.9. The molecule has 1 aliphatic rings. The zero-order valence-electron chi connectivity index (χ0n) is 12.9. The number of aromatic nitrogens is 3. The fraction of sp³-hybridized carbons (Fsp3) is 0.235. The maximum atomic E-state index is 6.15. The van der Waals surface area contributed by atoms with Gasteiger partial charge >= 0.3 is 0 Å². The van der Waals surface area contributed by atoms with Gasteiger partial charge in [-0.3, -0.25) is 0 Å². The van der Waals surface area contributed by atoms with E-state index in [1.54, 1.807) is 13.3 Å². The van der Waals surface area contributed by atoms with Gasteiger partial charge in [0.1, 0.15) is 34.0 Å². The lowest BCUT2D eigenvalue weighted by Gasteiger charge is -2.33. The molecule has 0 aliphatic carbocycles. The third-order valence-electron chi connectivity index (χ3n) is 3.87. The van der Waals surface area contributed by atoms with Crippen molar-refractivity contribution in [2.45, 2.75) is 19.4 Å². The summed E-state index contributed by atoms with van der Waals surface area (Å²) in [5, 5.41) is 0. The van der Waals surface area contributed by atoms with E-state index in [2.05, 4.69) is 20.9 Å². The molecule has 3 heterocycles. The summed E-state index contributed by atoms with van der Waals surface area (Å²) < 4.78 is 12.3. The van der Waals surface area contributed by atoms with Crippen LogP contribution in [0.15, 0.2) is 34.9 Å². The van der Waals surface area contributed by atoms with Crippen molar-refractivity contribution >= 4 is 27.1 Å². The number of fused-ring (bicyclic) bond motifs is 4. The van der Waals surface area contributed by atoms with Gasteiger partial charge in [-0.15, -0.1) is 0 Å². The van der Waals surface area contributed by atoms with Crippen molar-refractivity contribution in [2.75, 3.05) is 7.11 Å². The second-order valence-corrected chi connectivity index (χ2v) is 6.81. The van der Waals surface area contributed by atoms with Crippen LogP contribution in [0.1, 0.15) is 19.5 Å². The maximum absolute atomic E-state index is 6.15. The average molecular weight is 372 g/mol. The van der Waals surface area contributed by atoms with E-state index < -0.39 is 5.60 Å². The van der Waals surface area contributed by atoms with Gasteiger partial charge in [-0.1, -0.05) is 0 Å². The van der Waals surface area contributed by atoms with Crippen molar-refractivity contribution in [1.82, 2.24) is 15.0 Å². The molecule has 0 atom stereocenters. The van der Waals surface area contributed by atoms with Crippen molar-refractivity contribution < 1.29 is 9.47 Å². The first-order valence-electron chi connectivity index (χ1n) is 7.19. The standard InChI is InChI=1S/C17H14BrN3O2/c1-17(2)15-14(11-5-4-10(22-3)7-13(11)23-17)21-16-12(20-15)6-9(18)8-19-16/h4-8H,1-3H3. The summed E-state index contributed by atoms with van der Waals surface area (Å²) in [6.07, 6.45) is 1.73. The van der Waals surface area contributed by atoms with Gasteiger partial charge in [-0.25, -0.2) is 15.0 Å². The Balaban J connectivity index is 2.03. The van der Waals surface area contributed by atoms with E-state index in [0.717, 1.165) is 38.4 Å². The van der Waals surface area contributed by atoms with Crippen molar-refractivity contribution in [1.29, 1.82) is 0 Å². The Morgan fingerprint density at radius 2 is 2.00 bits per heavy atom. The van der Waals surface area contributed by atoms with Crippen LogP contribution in [0, 0.1) is 0 Å². The van der Waals surface area contributed by atoms with Gasteiger partial charge in [0, 0.05) is 22.3 Å². The molecule has 6 heteroatoms. The average Bonchev–Trinajstić information content (AvgIpc) is 2.52. The van der Waals surface area contributed by atoms with Gasteiger partial charge in [-0.05, 0) is 48.0 Å². The molecular weight excluding hydrogens is 358 g/mol. The highest BCUT2D eigenvalue weighted by Crippen LogP contribution is 2.45. The van der Waals surface area contributed by atoms with Gasteiger partial charge in [0.05, 0.1) is 7.11 Å². The SMILES string of the molecule is COc1ccc2c(c1)OC(C)(C)c1nc3cc(Br)cnc3nc1-2. The molecule has 0 fully saturated rings. The van der Waals surface area contributed by atoms with E-state index in [9.17, 15) is 0 Å². The fourth-order valence-corrected chi connectivity index (χ4v) is 3.08. The van der Waals surface area contributed by atoms with E-state index in [-0.39, 0.29) is 0 Å². The molecule has 23 heavy (non-hydrogen) atoms. The van der Waals surface area contributed by atoms with Gasteiger partial charge in [-0.2, -0.15) is 0 Å². The number of hydrogen-bond acceptors (Lipinski definition) is 5. The minimum absolute atomic E-state index is 0.585. The van der Waals surface area contributed by atoms with Crippen LogP contribution in [0.3, 0.4) is 0 Å². The predicted octanol–water partition coefficient (Wildman–Crippen LogP) is 4.09. The van der Waals surface area contributed by atoms with Gasteiger partial charge in [0.25, 0.3) is 0 Å². The molecule has 0 bridgehead atoms. The van der Waals surface area contributed by atoms with Gasteiger partial charge in [0.15, 0.2) is 5.65 Å². The summed E-state index contributed by atoms with van der Waals surface area (Å²) in [6.45, 7) is 3.97. The largest absolute Gasteiger partial charge is 0.497 e. The molecule has 116 valence electrons. The number of methoxy groups -OCH3 is 1. The summed E-state index contributed by atoms with van der Waals surface area (Å²) in [5.74, 6) is 1.49. The molecular formula is C17H14BrN3O2. The molecule has 0 saturated heterocycles. The van der Waals surface area contributed by atoms with Crippen LogP contribution < -0.4 is 9.47 Å². The molecule has 0 amide bonds. The Hall–Kier alpha value is -2.21. The minimum atomic E-state index is -0.585. The van der Waals surface area contributed by atoms with E-state index >= 15 is 0 Å². The molecule has 4 rings (SSSR count). The quantitative estimate of drug-likeness (QED) is 0.644. The highest BCUT2D eigenvalue weighted by atomic mass is 79.9. The van der Waals surface area contributed by atoms with E-state index in [4.69, 9.17) is 19.4 Å². The molecule has 1 aromatic carbocycles. The van der Waals surface area contributed by atoms with Crippen LogP contribution in [-0.2, 0) is 5.60 Å². The maximum Gasteiger partial charge on any atom is 0.178 e. The van der Waals surface area contributed by atoms with Crippen LogP contribution in [0.4, 0.5) is 0 Å². The Morgan fingerprint density at radius 1 is 1.17 bits per heavy atom. The summed E-state index contributed by atoms with van der Waals surface area (Å²) >= 11 is 3.42. The number of hydrogen-bond donors (Lipinski definition) is 0. The number of nitrogens with zero attached hydrogens (tertiary/aromatic N) is 3. The molecule has 1 aliphatic heterocycles. The van der Waals surface area contributed by atoms with E-state index in [1.807, 2.05) is 38.1 Å². The van der Waals surface area contributed by atoms with Crippen molar-refractivity contribution in [3.8, 4) is 22.8 Å². The Labute approximate surface area is 141 Å². The molecule has 3 aromatic rings. The van der Waals surface area contributed by atoms with Crippen LogP contribution >= 0.6 is 15.9 Å². The molecule has 0 unspecified atom stereocenters. The summed E-state index contributed by atoms with van der Waals surface area (Å²) in [6, 6.07) is 7.63. The first kappa shape index (κ1) is 14.4. The van der Waals surface area contributed by atoms with Crippen LogP contribution in [0.25, 0.3) is 22.4 Å². The monoisotopic (exact) mass is 371 g/mol. The van der Waals surface area contributed by atoms with E-state index in [1.165, 1.54) is 0 Å². The number of pyridine rings is 1. The van der Waals surface area contributed by atoms with E-state index in [0.29, 0.717) is 5.65 Å². The summed E-state index contributed by atoms with van der Waals surface area (Å²) in [5.41, 5.74) is 3.29. The highest BCUT2D eigenvalue weighted by molar-refractivity contribution is 9.10. The zero-order valence-corrected chi connectivity index (χ0v) is 14.5. The van der Waals surface area contributed by atoms with Crippen LogP contribution in [-0.4, -0.2) is 22.1 Å². The normalized spacial score (nSPS) is 14.8. The first-order chi connectivity index (χ1) is 11.0. The lowest BCUT2D eigenvalue weighted by molar-refractivity contribution is 0.1000. The van der Waals surface area contributed by atoms with Crippen molar-refractivity contribution in [3.05, 3.63) is 40.6 Å². The lowest BCUT2D eigenvalue weighted by atomic mass is 9.94. The van der Waals surface area contributed by atoms with Gasteiger partial charge < -0.3 is 9.47 Å². The number of ether oxygens (including phenoxy) is 2. The number of rotatable bonds is 1. The van der Waals surface area contributed by atoms with Gasteiger partial charge in [0.2, 0.25) is 0 Å². The lowest BCUT2D eigenvalue weighted by Crippen LogP contribution is -2.31. The molecule has 0 N–H and O–H groups in total. The molecule has 0 saturated carbocycles. The molecule has 0 radical (unpaired) electrons. The zero-order chi connectivity index (χ0) is 16.2.